The maximum Gasteiger partial charge on any atom is 0.136 e. The highest BCUT2D eigenvalue weighted by Crippen LogP contribution is 2.14. The number of hydrogen-bond donors (Lipinski definition) is 4. The molecule has 0 aliphatic rings. The highest BCUT2D eigenvalue weighted by molar-refractivity contribution is 5.55. The van der Waals surface area contributed by atoms with Crippen LogP contribution in [0.1, 0.15) is 6.92 Å². The maximum atomic E-state index is 5.54. The van der Waals surface area contributed by atoms with Crippen molar-refractivity contribution in [2.24, 2.45) is 5.73 Å². The van der Waals surface area contributed by atoms with E-state index in [2.05, 4.69) is 25.6 Å². The average molecular weight is 232 g/mol. The summed E-state index contributed by atoms with van der Waals surface area (Å²) >= 11 is 0. The lowest BCUT2D eigenvalue weighted by Crippen LogP contribution is -2.25. The van der Waals surface area contributed by atoms with Gasteiger partial charge >= 0.3 is 0 Å². The third kappa shape index (κ3) is 3.18. The Morgan fingerprint density at radius 2 is 2.24 bits per heavy atom. The van der Waals surface area contributed by atoms with Gasteiger partial charge in [0.2, 0.25) is 0 Å². The van der Waals surface area contributed by atoms with Crippen LogP contribution in [0, 0.1) is 0 Å². The monoisotopic (exact) mass is 232 g/mol. The van der Waals surface area contributed by atoms with Crippen molar-refractivity contribution in [2.75, 3.05) is 17.2 Å². The van der Waals surface area contributed by atoms with E-state index in [-0.39, 0.29) is 6.04 Å². The van der Waals surface area contributed by atoms with Gasteiger partial charge in [-0.25, -0.2) is 9.97 Å². The van der Waals surface area contributed by atoms with E-state index in [1.807, 2.05) is 31.3 Å². The van der Waals surface area contributed by atoms with Crippen LogP contribution in [0.2, 0.25) is 0 Å². The summed E-state index contributed by atoms with van der Waals surface area (Å²) in [5.41, 5.74) is 5.54. The van der Waals surface area contributed by atoms with Gasteiger partial charge < -0.3 is 21.4 Å². The molecule has 0 fully saturated rings. The highest BCUT2D eigenvalue weighted by atomic mass is 15.1. The number of hydrogen-bond acceptors (Lipinski definition) is 5. The molecule has 0 radical (unpaired) electrons. The van der Waals surface area contributed by atoms with Crippen LogP contribution in [-0.4, -0.2) is 27.5 Å². The van der Waals surface area contributed by atoms with E-state index in [4.69, 9.17) is 5.73 Å². The average Bonchev–Trinajstić information content (AvgIpc) is 2.82. The maximum absolute atomic E-state index is 5.54. The summed E-state index contributed by atoms with van der Waals surface area (Å²) in [7, 11) is 0. The van der Waals surface area contributed by atoms with Crippen LogP contribution in [0.4, 0.5) is 17.5 Å². The van der Waals surface area contributed by atoms with Gasteiger partial charge in [0.15, 0.2) is 0 Å². The molecule has 2 aromatic rings. The molecule has 0 aromatic carbocycles. The zero-order valence-corrected chi connectivity index (χ0v) is 9.64. The van der Waals surface area contributed by atoms with E-state index in [1.165, 1.54) is 6.33 Å². The van der Waals surface area contributed by atoms with Gasteiger partial charge in [-0.1, -0.05) is 0 Å². The Bertz CT molecular complexity index is 453. The Morgan fingerprint density at radius 3 is 2.94 bits per heavy atom. The molecule has 6 heteroatoms. The number of aromatic amines is 1. The number of rotatable bonds is 5. The molecule has 0 saturated carbocycles. The first kappa shape index (κ1) is 11.4. The minimum absolute atomic E-state index is 0.184. The van der Waals surface area contributed by atoms with Crippen molar-refractivity contribution >= 4 is 17.5 Å². The van der Waals surface area contributed by atoms with E-state index < -0.39 is 0 Å². The molecule has 17 heavy (non-hydrogen) atoms. The van der Waals surface area contributed by atoms with E-state index in [1.54, 1.807) is 0 Å². The fraction of sp³-hybridized carbons (Fsp3) is 0.273. The predicted octanol–water partition coefficient (Wildman–Crippen LogP) is 1.31. The molecule has 1 atom stereocenters. The van der Waals surface area contributed by atoms with Crippen molar-refractivity contribution in [3.63, 3.8) is 0 Å². The van der Waals surface area contributed by atoms with Gasteiger partial charge in [0.25, 0.3) is 0 Å². The van der Waals surface area contributed by atoms with E-state index in [9.17, 15) is 0 Å². The quantitative estimate of drug-likeness (QED) is 0.624. The molecule has 0 bridgehead atoms. The highest BCUT2D eigenvalue weighted by Gasteiger charge is 2.02. The second-order valence-electron chi connectivity index (χ2n) is 3.78. The van der Waals surface area contributed by atoms with Crippen molar-refractivity contribution in [1.29, 1.82) is 0 Å². The van der Waals surface area contributed by atoms with Crippen LogP contribution < -0.4 is 16.4 Å². The molecule has 0 spiro atoms. The van der Waals surface area contributed by atoms with Gasteiger partial charge in [-0.2, -0.15) is 0 Å². The van der Waals surface area contributed by atoms with Crippen molar-refractivity contribution in [2.45, 2.75) is 13.0 Å². The number of H-pyrrole nitrogens is 1. The first-order chi connectivity index (χ1) is 8.28. The largest absolute Gasteiger partial charge is 0.366 e. The second-order valence-corrected chi connectivity index (χ2v) is 3.78. The topological polar surface area (TPSA) is 91.7 Å². The molecule has 5 N–H and O–H groups in total. The zero-order chi connectivity index (χ0) is 12.1. The summed E-state index contributed by atoms with van der Waals surface area (Å²) in [6.07, 6.45) is 3.36. The van der Waals surface area contributed by atoms with Crippen LogP contribution in [0.15, 0.2) is 30.7 Å². The number of aromatic nitrogens is 3. The number of nitrogens with two attached hydrogens (primary N) is 1. The molecule has 90 valence electrons. The summed E-state index contributed by atoms with van der Waals surface area (Å²) in [6, 6.07) is 5.87. The first-order valence-corrected chi connectivity index (χ1v) is 5.47. The molecule has 2 heterocycles. The van der Waals surface area contributed by atoms with E-state index in [0.717, 1.165) is 17.5 Å². The minimum Gasteiger partial charge on any atom is -0.366 e. The zero-order valence-electron chi connectivity index (χ0n) is 9.64. The fourth-order valence-corrected chi connectivity index (χ4v) is 1.36. The molecular formula is C11H16N6. The lowest BCUT2D eigenvalue weighted by Gasteiger charge is -2.12. The molecule has 0 saturated heterocycles. The Kier molecular flexibility index (Phi) is 3.56. The standard InChI is InChI=1S/C11H16N6/c1-8(6-12)16-10-5-11(15-7-14-10)17-9-3-2-4-13-9/h2-5,7-8,13H,6,12H2,1H3,(H2,14,15,16,17). The van der Waals surface area contributed by atoms with Crippen LogP contribution in [0.25, 0.3) is 0 Å². The van der Waals surface area contributed by atoms with Gasteiger partial charge in [-0.3, -0.25) is 0 Å². The van der Waals surface area contributed by atoms with Crippen LogP contribution >= 0.6 is 0 Å². The van der Waals surface area contributed by atoms with Gasteiger partial charge in [0.1, 0.15) is 23.8 Å². The molecule has 6 nitrogen and oxygen atoms in total. The molecule has 0 aliphatic carbocycles. The number of anilines is 3. The minimum atomic E-state index is 0.184. The summed E-state index contributed by atoms with van der Waals surface area (Å²) in [6.45, 7) is 2.56. The van der Waals surface area contributed by atoms with E-state index in [0.29, 0.717) is 6.54 Å². The first-order valence-electron chi connectivity index (χ1n) is 5.47. The van der Waals surface area contributed by atoms with Crippen LogP contribution in [-0.2, 0) is 0 Å². The molecule has 2 rings (SSSR count). The molecule has 0 aliphatic heterocycles. The summed E-state index contributed by atoms with van der Waals surface area (Å²) in [5.74, 6) is 2.38. The number of nitrogens with zero attached hydrogens (tertiary/aromatic N) is 2. The van der Waals surface area contributed by atoms with Crippen molar-refractivity contribution in [3.05, 3.63) is 30.7 Å². The molecule has 0 amide bonds. The van der Waals surface area contributed by atoms with Crippen molar-refractivity contribution in [1.82, 2.24) is 15.0 Å². The third-order valence-electron chi connectivity index (χ3n) is 2.28. The van der Waals surface area contributed by atoms with Gasteiger partial charge in [-0.15, -0.1) is 0 Å². The third-order valence-corrected chi connectivity index (χ3v) is 2.28. The van der Waals surface area contributed by atoms with Crippen molar-refractivity contribution in [3.8, 4) is 0 Å². The smallest absolute Gasteiger partial charge is 0.136 e. The van der Waals surface area contributed by atoms with Gasteiger partial charge in [0, 0.05) is 24.8 Å². The normalized spacial score (nSPS) is 12.1. The Labute approximate surface area is 99.7 Å². The fourth-order valence-electron chi connectivity index (χ4n) is 1.36. The van der Waals surface area contributed by atoms with E-state index >= 15 is 0 Å². The van der Waals surface area contributed by atoms with Crippen molar-refractivity contribution < 1.29 is 0 Å². The second kappa shape index (κ2) is 5.31. The van der Waals surface area contributed by atoms with Gasteiger partial charge in [-0.05, 0) is 19.1 Å². The predicted molar refractivity (Wildman–Crippen MR) is 68.2 cm³/mol. The van der Waals surface area contributed by atoms with Gasteiger partial charge in [0.05, 0.1) is 0 Å². The van der Waals surface area contributed by atoms with Crippen LogP contribution in [0.3, 0.4) is 0 Å². The Balaban J connectivity index is 2.06. The lowest BCUT2D eigenvalue weighted by molar-refractivity contribution is 0.797. The molecule has 2 aromatic heterocycles. The van der Waals surface area contributed by atoms with Crippen LogP contribution in [0.5, 0.6) is 0 Å². The summed E-state index contributed by atoms with van der Waals surface area (Å²) < 4.78 is 0. The summed E-state index contributed by atoms with van der Waals surface area (Å²) in [4.78, 5) is 11.3. The Morgan fingerprint density at radius 1 is 1.41 bits per heavy atom. The lowest BCUT2D eigenvalue weighted by atomic mass is 10.3. The number of nitrogens with one attached hydrogen (secondary N) is 3. The Hall–Kier alpha value is -2.08. The molecular weight excluding hydrogens is 216 g/mol. The summed E-state index contributed by atoms with van der Waals surface area (Å²) in [5, 5.41) is 6.32. The SMILES string of the molecule is CC(CN)Nc1cc(Nc2ccc[nH]2)ncn1. The molecule has 1 unspecified atom stereocenters.